The number of anilines is 1. The van der Waals surface area contributed by atoms with Crippen molar-refractivity contribution >= 4 is 23.6 Å². The largest absolute Gasteiger partial charge is 0.508 e. The van der Waals surface area contributed by atoms with Crippen LogP contribution in [0.2, 0.25) is 0 Å². The van der Waals surface area contributed by atoms with Crippen molar-refractivity contribution in [3.63, 3.8) is 0 Å². The lowest BCUT2D eigenvalue weighted by Gasteiger charge is -2.44. The summed E-state index contributed by atoms with van der Waals surface area (Å²) in [6.45, 7) is 13.4. The number of carbonyl (C=O) groups excluding carboxylic acids is 3. The third-order valence-corrected chi connectivity index (χ3v) is 6.37. The number of hydrogen-bond donors (Lipinski definition) is 4. The Morgan fingerprint density at radius 1 is 1.00 bits per heavy atom. The number of benzene rings is 2. The maximum atomic E-state index is 14.0. The molecule has 0 saturated carbocycles. The topological polar surface area (TPSA) is 128 Å². The van der Waals surface area contributed by atoms with Crippen molar-refractivity contribution in [1.82, 2.24) is 10.2 Å². The predicted octanol–water partition coefficient (Wildman–Crippen LogP) is 4.59. The molecular weight excluding hydrogens is 486 g/mol. The highest BCUT2D eigenvalue weighted by atomic mass is 16.6. The Labute approximate surface area is 225 Å². The maximum absolute atomic E-state index is 14.0. The van der Waals surface area contributed by atoms with Crippen LogP contribution in [0.5, 0.6) is 5.75 Å². The lowest BCUT2D eigenvalue weighted by molar-refractivity contribution is -0.148. The van der Waals surface area contributed by atoms with Crippen LogP contribution in [0, 0.1) is 13.8 Å². The van der Waals surface area contributed by atoms with Gasteiger partial charge >= 0.3 is 6.09 Å². The molecule has 0 aliphatic rings. The molecule has 0 fully saturated rings. The fourth-order valence-electron chi connectivity index (χ4n) is 3.93. The van der Waals surface area contributed by atoms with E-state index in [-0.39, 0.29) is 5.75 Å². The molecule has 0 bridgehead atoms. The SMILES string of the molecule is CCC(C)(C)N(C(=O)C(CO)NC(=O)OC(C)(C)C)C(C(=O)Nc1ccccc1C)c1ccc(O)c(C)c1. The summed E-state index contributed by atoms with van der Waals surface area (Å²) in [5.74, 6) is -1.08. The Morgan fingerprint density at radius 2 is 1.63 bits per heavy atom. The number of alkyl carbamates (subject to hydrolysis) is 1. The third kappa shape index (κ3) is 7.71. The molecule has 0 aliphatic carbocycles. The highest BCUT2D eigenvalue weighted by molar-refractivity contribution is 5.99. The second-order valence-corrected chi connectivity index (χ2v) is 11.0. The van der Waals surface area contributed by atoms with Gasteiger partial charge in [0.1, 0.15) is 23.4 Å². The number of phenols is 1. The van der Waals surface area contributed by atoms with Gasteiger partial charge in [0.2, 0.25) is 5.91 Å². The standard InChI is InChI=1S/C29H41N3O6/c1-9-29(7,8)32(26(36)22(17-33)31-27(37)38-28(4,5)6)24(20-14-15-23(34)19(3)16-20)25(35)30-21-13-11-10-12-18(21)2/h10-16,22,24,33-34H,9,17H2,1-8H3,(H,30,35)(H,31,37). The van der Waals surface area contributed by atoms with E-state index in [1.165, 1.54) is 11.0 Å². The zero-order valence-corrected chi connectivity index (χ0v) is 23.6. The van der Waals surface area contributed by atoms with Gasteiger partial charge in [0, 0.05) is 11.2 Å². The number of hydrogen-bond acceptors (Lipinski definition) is 6. The molecule has 2 aromatic rings. The smallest absolute Gasteiger partial charge is 0.408 e. The molecule has 2 rings (SSSR count). The molecule has 208 valence electrons. The van der Waals surface area contributed by atoms with E-state index in [1.54, 1.807) is 52.0 Å². The summed E-state index contributed by atoms with van der Waals surface area (Å²) in [6.07, 6.45) is -0.394. The van der Waals surface area contributed by atoms with Gasteiger partial charge in [-0.1, -0.05) is 31.2 Å². The molecule has 3 amide bonds. The average molecular weight is 528 g/mol. The van der Waals surface area contributed by atoms with Crippen LogP contribution in [0.3, 0.4) is 0 Å². The molecule has 0 heterocycles. The molecule has 38 heavy (non-hydrogen) atoms. The van der Waals surface area contributed by atoms with Crippen molar-refractivity contribution < 1.29 is 29.3 Å². The van der Waals surface area contributed by atoms with Crippen LogP contribution in [0.1, 0.15) is 70.7 Å². The van der Waals surface area contributed by atoms with E-state index in [9.17, 15) is 24.6 Å². The predicted molar refractivity (Wildman–Crippen MR) is 147 cm³/mol. The number of para-hydroxylation sites is 1. The monoisotopic (exact) mass is 527 g/mol. The number of nitrogens with zero attached hydrogens (tertiary/aromatic N) is 1. The first kappa shape index (κ1) is 30.6. The fraction of sp³-hybridized carbons (Fsp3) is 0.483. The number of amides is 3. The summed E-state index contributed by atoms with van der Waals surface area (Å²) >= 11 is 0. The molecule has 0 radical (unpaired) electrons. The van der Waals surface area contributed by atoms with Crippen molar-refractivity contribution in [1.29, 1.82) is 0 Å². The molecule has 2 atom stereocenters. The summed E-state index contributed by atoms with van der Waals surface area (Å²) in [6, 6.07) is 9.50. The minimum Gasteiger partial charge on any atom is -0.508 e. The van der Waals surface area contributed by atoms with Crippen LogP contribution in [-0.4, -0.2) is 56.8 Å². The summed E-state index contributed by atoms with van der Waals surface area (Å²) in [7, 11) is 0. The number of rotatable bonds is 9. The van der Waals surface area contributed by atoms with Crippen molar-refractivity contribution in [3.05, 3.63) is 59.2 Å². The molecule has 9 heteroatoms. The maximum Gasteiger partial charge on any atom is 0.408 e. The Bertz CT molecular complexity index is 1160. The van der Waals surface area contributed by atoms with Gasteiger partial charge in [-0.05, 0) is 89.8 Å². The first-order chi connectivity index (χ1) is 17.6. The molecule has 4 N–H and O–H groups in total. The van der Waals surface area contributed by atoms with Gasteiger partial charge in [-0.2, -0.15) is 0 Å². The number of aromatic hydroxyl groups is 1. The Hall–Kier alpha value is -3.59. The van der Waals surface area contributed by atoms with Crippen LogP contribution < -0.4 is 10.6 Å². The molecule has 9 nitrogen and oxygen atoms in total. The second-order valence-electron chi connectivity index (χ2n) is 11.0. The summed E-state index contributed by atoms with van der Waals surface area (Å²) in [5.41, 5.74) is 0.743. The average Bonchev–Trinajstić information content (AvgIpc) is 2.82. The molecule has 0 saturated heterocycles. The molecule has 2 unspecified atom stereocenters. The van der Waals surface area contributed by atoms with Crippen LogP contribution in [0.15, 0.2) is 42.5 Å². The van der Waals surface area contributed by atoms with E-state index in [0.29, 0.717) is 23.2 Å². The van der Waals surface area contributed by atoms with Gasteiger partial charge in [-0.15, -0.1) is 0 Å². The van der Waals surface area contributed by atoms with Crippen molar-refractivity contribution in [2.75, 3.05) is 11.9 Å². The van der Waals surface area contributed by atoms with Gasteiger partial charge in [-0.3, -0.25) is 9.59 Å². The van der Waals surface area contributed by atoms with Crippen LogP contribution in [-0.2, 0) is 14.3 Å². The number of phenolic OH excluding ortho intramolecular Hbond substituents is 1. The number of aryl methyl sites for hydroxylation is 2. The number of carbonyl (C=O) groups is 3. The van der Waals surface area contributed by atoms with E-state index in [0.717, 1.165) is 5.56 Å². The minimum atomic E-state index is -1.36. The van der Waals surface area contributed by atoms with Gasteiger partial charge in [0.05, 0.1) is 6.61 Å². The van der Waals surface area contributed by atoms with Crippen LogP contribution >= 0.6 is 0 Å². The summed E-state index contributed by atoms with van der Waals surface area (Å²) in [4.78, 5) is 41.9. The second kappa shape index (κ2) is 12.3. The third-order valence-electron chi connectivity index (χ3n) is 6.37. The summed E-state index contributed by atoms with van der Waals surface area (Å²) in [5, 5.41) is 25.6. The molecule has 0 aliphatic heterocycles. The van der Waals surface area contributed by atoms with Gasteiger partial charge < -0.3 is 30.5 Å². The Morgan fingerprint density at radius 3 is 2.16 bits per heavy atom. The molecule has 0 aromatic heterocycles. The van der Waals surface area contributed by atoms with Crippen molar-refractivity contribution in [3.8, 4) is 5.75 Å². The number of nitrogens with one attached hydrogen (secondary N) is 2. The number of aliphatic hydroxyl groups excluding tert-OH is 1. The van der Waals surface area contributed by atoms with Crippen LogP contribution in [0.25, 0.3) is 0 Å². The van der Waals surface area contributed by atoms with E-state index < -0.39 is 47.7 Å². The van der Waals surface area contributed by atoms with Gasteiger partial charge in [-0.25, -0.2) is 4.79 Å². The highest BCUT2D eigenvalue weighted by Crippen LogP contribution is 2.34. The first-order valence-electron chi connectivity index (χ1n) is 12.7. The van der Waals surface area contributed by atoms with E-state index in [4.69, 9.17) is 4.74 Å². The van der Waals surface area contributed by atoms with Gasteiger partial charge in [0.15, 0.2) is 0 Å². The Balaban J connectivity index is 2.63. The molecular formula is C29H41N3O6. The molecule has 0 spiro atoms. The zero-order chi connectivity index (χ0) is 28.8. The Kier molecular flexibility index (Phi) is 9.92. The van der Waals surface area contributed by atoms with Crippen molar-refractivity contribution in [2.24, 2.45) is 0 Å². The number of ether oxygens (including phenoxy) is 1. The van der Waals surface area contributed by atoms with E-state index in [2.05, 4.69) is 10.6 Å². The molecule has 2 aromatic carbocycles. The minimum absolute atomic E-state index is 0.0549. The van der Waals surface area contributed by atoms with Crippen molar-refractivity contribution in [2.45, 2.75) is 85.0 Å². The number of aliphatic hydroxyl groups is 1. The highest BCUT2D eigenvalue weighted by Gasteiger charge is 2.43. The van der Waals surface area contributed by atoms with Gasteiger partial charge in [0.25, 0.3) is 5.91 Å². The first-order valence-corrected chi connectivity index (χ1v) is 12.7. The lowest BCUT2D eigenvalue weighted by atomic mass is 9.91. The lowest BCUT2D eigenvalue weighted by Crippen LogP contribution is -2.59. The fourth-order valence-corrected chi connectivity index (χ4v) is 3.93. The van der Waals surface area contributed by atoms with E-state index >= 15 is 0 Å². The zero-order valence-electron chi connectivity index (χ0n) is 23.6. The summed E-state index contributed by atoms with van der Waals surface area (Å²) < 4.78 is 5.29. The van der Waals surface area contributed by atoms with Crippen LogP contribution in [0.4, 0.5) is 10.5 Å². The normalized spacial score (nSPS) is 13.3. The quantitative estimate of drug-likeness (QED) is 0.378. The van der Waals surface area contributed by atoms with E-state index in [1.807, 2.05) is 39.8 Å².